The zero-order valence-corrected chi connectivity index (χ0v) is 11.8. The largest absolute Gasteiger partial charge is 0.300 e. The van der Waals surface area contributed by atoms with Crippen LogP contribution >= 0.6 is 0 Å². The third-order valence-electron chi connectivity index (χ3n) is 2.99. The van der Waals surface area contributed by atoms with Crippen molar-refractivity contribution in [2.45, 2.75) is 59.4 Å². The van der Waals surface area contributed by atoms with Crippen LogP contribution in [0.5, 0.6) is 0 Å². The molecule has 94 valence electrons. The highest BCUT2D eigenvalue weighted by molar-refractivity contribution is 5.19. The van der Waals surface area contributed by atoms with E-state index in [1.54, 1.807) is 0 Å². The average molecular weight is 223 g/mol. The van der Waals surface area contributed by atoms with Crippen molar-refractivity contribution >= 4 is 0 Å². The molecular weight excluding hydrogens is 194 g/mol. The molecule has 0 atom stereocenters. The summed E-state index contributed by atoms with van der Waals surface area (Å²) in [5.41, 5.74) is 1.42. The van der Waals surface area contributed by atoms with Crippen LogP contribution in [0.25, 0.3) is 0 Å². The van der Waals surface area contributed by atoms with Crippen molar-refractivity contribution in [2.24, 2.45) is 0 Å². The Hall–Kier alpha value is -0.560. The van der Waals surface area contributed by atoms with Gasteiger partial charge in [0.25, 0.3) is 0 Å². The van der Waals surface area contributed by atoms with Crippen LogP contribution in [-0.2, 0) is 0 Å². The van der Waals surface area contributed by atoms with Gasteiger partial charge in [0.1, 0.15) is 0 Å². The average Bonchev–Trinajstić information content (AvgIpc) is 2.26. The van der Waals surface area contributed by atoms with Gasteiger partial charge < -0.3 is 0 Å². The van der Waals surface area contributed by atoms with Crippen LogP contribution < -0.4 is 0 Å². The van der Waals surface area contributed by atoms with Crippen LogP contribution in [0.3, 0.4) is 0 Å². The van der Waals surface area contributed by atoms with Crippen LogP contribution in [0.4, 0.5) is 0 Å². The first kappa shape index (κ1) is 15.4. The Bertz CT molecular complexity index is 213. The Kier molecular flexibility index (Phi) is 9.31. The van der Waals surface area contributed by atoms with E-state index < -0.39 is 0 Å². The molecule has 0 saturated carbocycles. The number of allylic oxidation sites excluding steroid dienone is 2. The molecule has 0 N–H and O–H groups in total. The minimum Gasteiger partial charge on any atom is -0.300 e. The second kappa shape index (κ2) is 9.65. The second-order valence-electron chi connectivity index (χ2n) is 4.77. The molecule has 0 saturated heterocycles. The Morgan fingerprint density at radius 2 is 1.94 bits per heavy atom. The quantitative estimate of drug-likeness (QED) is 0.435. The Morgan fingerprint density at radius 3 is 2.44 bits per heavy atom. The lowest BCUT2D eigenvalue weighted by Crippen LogP contribution is -2.27. The van der Waals surface area contributed by atoms with E-state index in [1.165, 1.54) is 31.3 Å². The molecule has 0 heterocycles. The van der Waals surface area contributed by atoms with E-state index in [9.17, 15) is 0 Å². The van der Waals surface area contributed by atoms with E-state index in [1.807, 2.05) is 0 Å². The summed E-state index contributed by atoms with van der Waals surface area (Å²) in [4.78, 5) is 2.37. The van der Waals surface area contributed by atoms with Crippen molar-refractivity contribution in [3.63, 3.8) is 0 Å². The fourth-order valence-electron chi connectivity index (χ4n) is 1.46. The lowest BCUT2D eigenvalue weighted by Gasteiger charge is -2.21. The molecule has 0 aromatic rings. The molecule has 0 aliphatic heterocycles. The van der Waals surface area contributed by atoms with Gasteiger partial charge in [0.05, 0.1) is 0 Å². The molecule has 0 rings (SSSR count). The summed E-state index contributed by atoms with van der Waals surface area (Å²) in [5, 5.41) is 0. The Balaban J connectivity index is 3.92. The third-order valence-corrected chi connectivity index (χ3v) is 2.99. The van der Waals surface area contributed by atoms with Gasteiger partial charge in [-0.15, -0.1) is 0 Å². The first-order valence-corrected chi connectivity index (χ1v) is 6.63. The van der Waals surface area contributed by atoms with Crippen molar-refractivity contribution in [1.29, 1.82) is 0 Å². The minimum absolute atomic E-state index is 0.614. The highest BCUT2D eigenvalue weighted by Gasteiger charge is 2.03. The summed E-state index contributed by atoms with van der Waals surface area (Å²) in [6.45, 7) is 9.90. The Morgan fingerprint density at radius 1 is 1.25 bits per heavy atom. The monoisotopic (exact) mass is 223 g/mol. The fraction of sp³-hybridized carbons (Fsp3) is 0.733. The summed E-state index contributed by atoms with van der Waals surface area (Å²) in [5.74, 6) is 0. The van der Waals surface area contributed by atoms with Gasteiger partial charge in [-0.25, -0.2) is 0 Å². The predicted octanol–water partition coefficient (Wildman–Crippen LogP) is 4.41. The van der Waals surface area contributed by atoms with Crippen molar-refractivity contribution in [3.05, 3.63) is 23.8 Å². The van der Waals surface area contributed by atoms with E-state index in [4.69, 9.17) is 0 Å². The van der Waals surface area contributed by atoms with Gasteiger partial charge in [-0.1, -0.05) is 38.0 Å². The number of likely N-dealkylation sites (N-methyl/N-ethyl adjacent to an activating group) is 1. The number of hydrogen-bond donors (Lipinski definition) is 0. The van der Waals surface area contributed by atoms with Gasteiger partial charge >= 0.3 is 0 Å². The maximum absolute atomic E-state index is 2.37. The van der Waals surface area contributed by atoms with Gasteiger partial charge in [0.15, 0.2) is 0 Å². The molecular formula is C15H29N. The molecule has 0 aliphatic carbocycles. The van der Waals surface area contributed by atoms with Gasteiger partial charge in [-0.05, 0) is 46.2 Å². The van der Waals surface area contributed by atoms with E-state index in [0.29, 0.717) is 6.04 Å². The number of rotatable bonds is 8. The molecule has 0 amide bonds. The SMILES string of the molecule is C/C=C(\C=C/CCCCC)CN(C)C(C)C. The molecule has 16 heavy (non-hydrogen) atoms. The molecule has 0 fully saturated rings. The normalized spacial score (nSPS) is 13.3. The first-order valence-electron chi connectivity index (χ1n) is 6.63. The Labute approximate surface area is 102 Å². The molecule has 0 spiro atoms. The van der Waals surface area contributed by atoms with Crippen LogP contribution in [0.2, 0.25) is 0 Å². The van der Waals surface area contributed by atoms with Gasteiger partial charge in [-0.3, -0.25) is 4.90 Å². The zero-order chi connectivity index (χ0) is 12.4. The van der Waals surface area contributed by atoms with E-state index in [2.05, 4.69) is 57.9 Å². The van der Waals surface area contributed by atoms with E-state index in [-0.39, 0.29) is 0 Å². The van der Waals surface area contributed by atoms with Crippen molar-refractivity contribution in [1.82, 2.24) is 4.90 Å². The molecule has 0 bridgehead atoms. The minimum atomic E-state index is 0.614. The molecule has 0 radical (unpaired) electrons. The van der Waals surface area contributed by atoms with Crippen LogP contribution in [0.15, 0.2) is 23.8 Å². The first-order chi connectivity index (χ1) is 7.61. The van der Waals surface area contributed by atoms with E-state index >= 15 is 0 Å². The van der Waals surface area contributed by atoms with Gasteiger partial charge in [0.2, 0.25) is 0 Å². The third kappa shape index (κ3) is 7.70. The van der Waals surface area contributed by atoms with Crippen LogP contribution in [-0.4, -0.2) is 24.5 Å². The molecule has 0 aromatic carbocycles. The summed E-state index contributed by atoms with van der Waals surface area (Å²) in [7, 11) is 2.18. The van der Waals surface area contributed by atoms with Crippen molar-refractivity contribution in [3.8, 4) is 0 Å². The highest BCUT2D eigenvalue weighted by Crippen LogP contribution is 2.06. The van der Waals surface area contributed by atoms with Crippen LogP contribution in [0.1, 0.15) is 53.4 Å². The molecule has 0 aliphatic rings. The maximum Gasteiger partial charge on any atom is 0.0230 e. The molecule has 0 aromatic heterocycles. The summed E-state index contributed by atoms with van der Waals surface area (Å²) in [6, 6.07) is 0.614. The lowest BCUT2D eigenvalue weighted by molar-refractivity contribution is 0.298. The van der Waals surface area contributed by atoms with Crippen molar-refractivity contribution < 1.29 is 0 Å². The zero-order valence-electron chi connectivity index (χ0n) is 11.8. The standard InChI is InChI=1S/C15H29N/c1-6-8-9-10-11-12-15(7-2)13-16(5)14(3)4/h7,11-12,14H,6,8-10,13H2,1-5H3/b12-11-,15-7+. The topological polar surface area (TPSA) is 3.24 Å². The lowest BCUT2D eigenvalue weighted by atomic mass is 10.1. The smallest absolute Gasteiger partial charge is 0.0230 e. The maximum atomic E-state index is 2.37. The summed E-state index contributed by atoms with van der Waals surface area (Å²) < 4.78 is 0. The molecule has 1 nitrogen and oxygen atoms in total. The van der Waals surface area contributed by atoms with Gasteiger partial charge in [0, 0.05) is 12.6 Å². The summed E-state index contributed by atoms with van der Waals surface area (Å²) in [6.07, 6.45) is 12.0. The molecule has 0 unspecified atom stereocenters. The number of nitrogens with zero attached hydrogens (tertiary/aromatic N) is 1. The predicted molar refractivity (Wildman–Crippen MR) is 74.8 cm³/mol. The van der Waals surface area contributed by atoms with Crippen LogP contribution in [0, 0.1) is 0 Å². The molecule has 1 heteroatoms. The second-order valence-corrected chi connectivity index (χ2v) is 4.77. The fourth-order valence-corrected chi connectivity index (χ4v) is 1.46. The van der Waals surface area contributed by atoms with Gasteiger partial charge in [-0.2, -0.15) is 0 Å². The number of hydrogen-bond acceptors (Lipinski definition) is 1. The van der Waals surface area contributed by atoms with Crippen molar-refractivity contribution in [2.75, 3.05) is 13.6 Å². The summed E-state index contributed by atoms with van der Waals surface area (Å²) >= 11 is 0. The highest BCUT2D eigenvalue weighted by atomic mass is 15.1. The number of unbranched alkanes of at least 4 members (excludes halogenated alkanes) is 3. The van der Waals surface area contributed by atoms with E-state index in [0.717, 1.165) is 6.54 Å².